The van der Waals surface area contributed by atoms with E-state index in [1.807, 2.05) is 0 Å². The molecule has 15 heavy (non-hydrogen) atoms. The van der Waals surface area contributed by atoms with Crippen LogP contribution in [-0.2, 0) is 32.7 Å². The van der Waals surface area contributed by atoms with E-state index in [9.17, 15) is 4.79 Å². The third kappa shape index (κ3) is 4.79. The first kappa shape index (κ1) is 15.3. The topological polar surface area (TPSA) is 57.5 Å². The van der Waals surface area contributed by atoms with Gasteiger partial charge >= 0.3 is 39.8 Å². The number of thioether (sulfide) groups is 1. The molecule has 0 radical (unpaired) electrons. The Bertz CT molecular complexity index is 316. The zero-order valence-corrected chi connectivity index (χ0v) is 11.7. The summed E-state index contributed by atoms with van der Waals surface area (Å²) in [5, 5.41) is 17.6. The summed E-state index contributed by atoms with van der Waals surface area (Å²) in [7, 11) is -1.48. The molecule has 0 spiro atoms. The first-order chi connectivity index (χ1) is 6.65. The summed E-state index contributed by atoms with van der Waals surface area (Å²) in [5.74, 6) is 0.324. The second kappa shape index (κ2) is 7.58. The molecule has 0 atom stereocenters. The molecular weight excluding hydrogens is 288 g/mol. The molecule has 2 N–H and O–H groups in total. The second-order valence-electron chi connectivity index (χ2n) is 2.77. The predicted octanol–water partition coefficient (Wildman–Crippen LogP) is 0.0714. The van der Waals surface area contributed by atoms with Crippen LogP contribution in [0.25, 0.3) is 0 Å². The molecule has 1 aromatic carbocycles. The molecule has 0 heterocycles. The maximum Gasteiger partial charge on any atom is 3.00 e. The first-order valence-electron chi connectivity index (χ1n) is 4.01. The molecule has 0 aliphatic heterocycles. The molecular formula is C9H10BO3SY+2. The summed E-state index contributed by atoms with van der Waals surface area (Å²) in [6.45, 7) is 0. The fourth-order valence-electron chi connectivity index (χ4n) is 1.02. The van der Waals surface area contributed by atoms with Crippen LogP contribution in [0.1, 0.15) is 10.4 Å². The van der Waals surface area contributed by atoms with E-state index >= 15 is 0 Å². The number of rotatable bonds is 4. The smallest absolute Gasteiger partial charge is 0.423 e. The van der Waals surface area contributed by atoms with Crippen molar-refractivity contribution >= 4 is 30.1 Å². The summed E-state index contributed by atoms with van der Waals surface area (Å²) >= 11 is 1.22. The number of hydrogen-bond donors (Lipinski definition) is 2. The van der Waals surface area contributed by atoms with Crippen molar-refractivity contribution in [3.05, 3.63) is 36.1 Å². The van der Waals surface area contributed by atoms with Gasteiger partial charge in [-0.1, -0.05) is 24.3 Å². The van der Waals surface area contributed by atoms with Gasteiger partial charge in [0.15, 0.2) is 5.78 Å². The van der Waals surface area contributed by atoms with Gasteiger partial charge in [0, 0.05) is 11.3 Å². The van der Waals surface area contributed by atoms with Crippen molar-refractivity contribution in [3.8, 4) is 0 Å². The van der Waals surface area contributed by atoms with E-state index in [0.717, 1.165) is 0 Å². The molecule has 0 saturated carbocycles. The van der Waals surface area contributed by atoms with E-state index in [2.05, 4.69) is 6.26 Å². The van der Waals surface area contributed by atoms with Gasteiger partial charge < -0.3 is 21.8 Å². The van der Waals surface area contributed by atoms with Crippen LogP contribution in [0.15, 0.2) is 24.3 Å². The number of carbonyl (C=O) groups is 1. The van der Waals surface area contributed by atoms with Crippen LogP contribution in [-0.4, -0.2) is 28.7 Å². The molecule has 0 bridgehead atoms. The fraction of sp³-hybridized carbons (Fsp3) is 0.111. The normalized spacial score (nSPS) is 9.27. The monoisotopic (exact) mass is 298 g/mol. The number of carbonyl (C=O) groups excluding carboxylic acids is 1. The molecule has 1 aromatic rings. The summed E-state index contributed by atoms with van der Waals surface area (Å²) in [5.41, 5.74) is 0.939. The summed E-state index contributed by atoms with van der Waals surface area (Å²) in [6.07, 6.45) is 3.51. The fourth-order valence-corrected chi connectivity index (χ4v) is 1.37. The minimum atomic E-state index is -1.48. The third-order valence-corrected chi connectivity index (χ3v) is 2.23. The van der Waals surface area contributed by atoms with Gasteiger partial charge in [0.05, 0.1) is 0 Å². The average Bonchev–Trinajstić information content (AvgIpc) is 2.18. The molecule has 1 rings (SSSR count). The molecule has 0 amide bonds. The molecule has 0 saturated heterocycles. The van der Waals surface area contributed by atoms with Crippen LogP contribution in [0, 0.1) is 6.26 Å². The maximum atomic E-state index is 11.3. The molecule has 74 valence electrons. The largest absolute Gasteiger partial charge is 3.00 e. The van der Waals surface area contributed by atoms with Gasteiger partial charge in [-0.15, -0.1) is 0 Å². The average molecular weight is 298 g/mol. The van der Waals surface area contributed by atoms with Crippen molar-refractivity contribution in [2.45, 2.75) is 0 Å². The SMILES string of the molecule is [CH2-]SCC(=O)c1ccc(B(O)O)cc1.[Y+3]. The van der Waals surface area contributed by atoms with Crippen LogP contribution < -0.4 is 5.46 Å². The van der Waals surface area contributed by atoms with Gasteiger partial charge in [-0.25, -0.2) is 0 Å². The molecule has 3 nitrogen and oxygen atoms in total. The summed E-state index contributed by atoms with van der Waals surface area (Å²) in [6, 6.07) is 6.19. The van der Waals surface area contributed by atoms with Crippen LogP contribution in [0.5, 0.6) is 0 Å². The molecule has 0 fully saturated rings. The minimum Gasteiger partial charge on any atom is -0.423 e. The Labute approximate surface area is 119 Å². The Morgan fingerprint density at radius 2 is 1.87 bits per heavy atom. The number of hydrogen-bond acceptors (Lipinski definition) is 4. The number of benzene rings is 1. The van der Waals surface area contributed by atoms with Crippen LogP contribution in [0.3, 0.4) is 0 Å². The first-order valence-corrected chi connectivity index (χ1v) is 5.17. The minimum absolute atomic E-state index is 0. The molecule has 0 unspecified atom stereocenters. The molecule has 0 aliphatic rings. The molecule has 0 aromatic heterocycles. The standard InChI is InChI=1S/C9H10BO3S.Y/c1-14-6-9(11)7-2-4-8(5-3-7)10(12)13;/h2-5,12-13H,1,6H2;/q-1;+3. The van der Waals surface area contributed by atoms with E-state index in [-0.39, 0.29) is 38.5 Å². The van der Waals surface area contributed by atoms with Crippen molar-refractivity contribution in [1.82, 2.24) is 0 Å². The van der Waals surface area contributed by atoms with Gasteiger partial charge in [0.25, 0.3) is 0 Å². The summed E-state index contributed by atoms with van der Waals surface area (Å²) in [4.78, 5) is 11.3. The van der Waals surface area contributed by atoms with Crippen molar-refractivity contribution in [3.63, 3.8) is 0 Å². The van der Waals surface area contributed by atoms with Gasteiger partial charge in [-0.2, -0.15) is 0 Å². The Morgan fingerprint density at radius 1 is 1.33 bits per heavy atom. The zero-order valence-electron chi connectivity index (χ0n) is 8.09. The zero-order chi connectivity index (χ0) is 10.6. The Morgan fingerprint density at radius 3 is 2.27 bits per heavy atom. The van der Waals surface area contributed by atoms with Gasteiger partial charge in [-0.05, 0) is 5.46 Å². The Kier molecular flexibility index (Phi) is 7.74. The van der Waals surface area contributed by atoms with E-state index in [0.29, 0.717) is 16.8 Å². The predicted molar refractivity (Wildman–Crippen MR) is 58.4 cm³/mol. The second-order valence-corrected chi connectivity index (χ2v) is 3.46. The van der Waals surface area contributed by atoms with Gasteiger partial charge in [0.2, 0.25) is 0 Å². The molecule has 0 aliphatic carbocycles. The number of Topliss-reactive ketones (excluding diaryl/α,β-unsaturated/α-hetero) is 1. The van der Waals surface area contributed by atoms with Gasteiger partial charge in [0.1, 0.15) is 0 Å². The van der Waals surface area contributed by atoms with Gasteiger partial charge in [-0.3, -0.25) is 11.1 Å². The third-order valence-electron chi connectivity index (χ3n) is 1.76. The van der Waals surface area contributed by atoms with Crippen LogP contribution >= 0.6 is 11.8 Å². The van der Waals surface area contributed by atoms with E-state index in [1.165, 1.54) is 23.9 Å². The Balaban J connectivity index is 0.00000196. The molecule has 6 heteroatoms. The maximum absolute atomic E-state index is 11.3. The van der Waals surface area contributed by atoms with Crippen molar-refractivity contribution in [2.24, 2.45) is 0 Å². The van der Waals surface area contributed by atoms with E-state index in [1.54, 1.807) is 12.1 Å². The van der Waals surface area contributed by atoms with Crippen molar-refractivity contribution < 1.29 is 47.6 Å². The van der Waals surface area contributed by atoms with Crippen LogP contribution in [0.4, 0.5) is 0 Å². The van der Waals surface area contributed by atoms with E-state index < -0.39 is 7.12 Å². The Hall–Kier alpha value is 0.329. The van der Waals surface area contributed by atoms with Crippen LogP contribution in [0.2, 0.25) is 0 Å². The number of ketones is 1. The van der Waals surface area contributed by atoms with Crippen molar-refractivity contribution in [1.29, 1.82) is 0 Å². The quantitative estimate of drug-likeness (QED) is 0.469. The van der Waals surface area contributed by atoms with E-state index in [4.69, 9.17) is 10.0 Å². The summed E-state index contributed by atoms with van der Waals surface area (Å²) < 4.78 is 0. The van der Waals surface area contributed by atoms with Crippen molar-refractivity contribution in [2.75, 3.05) is 5.75 Å².